The Hall–Kier alpha value is -1.82. The highest BCUT2D eigenvalue weighted by molar-refractivity contribution is 5.95. The second kappa shape index (κ2) is 11.0. The summed E-state index contributed by atoms with van der Waals surface area (Å²) in [6.45, 7) is 6.83. The zero-order valence-electron chi connectivity index (χ0n) is 15.3. The second-order valence-electron chi connectivity index (χ2n) is 6.41. The normalized spacial score (nSPS) is 12.3. The van der Waals surface area contributed by atoms with Crippen LogP contribution in [0, 0.1) is 5.92 Å². The number of carbonyl (C=O) groups is 1. The number of rotatable bonds is 7. The van der Waals surface area contributed by atoms with E-state index in [-0.39, 0.29) is 36.6 Å². The Kier molecular flexibility index (Phi) is 10.2. The number of hydrogen-bond donors (Lipinski definition) is 2. The highest BCUT2D eigenvalue weighted by Crippen LogP contribution is 2.18. The second-order valence-corrected chi connectivity index (χ2v) is 6.41. The number of ether oxygens (including phenoxy) is 1. The Balaban J connectivity index is 0.00000312. The Labute approximate surface area is 167 Å². The fourth-order valence-corrected chi connectivity index (χ4v) is 2.14. The number of aromatic nitrogens is 1. The summed E-state index contributed by atoms with van der Waals surface area (Å²) < 4.78 is 5.74. The molecule has 0 radical (unpaired) electrons. The molecule has 1 aromatic carbocycles. The molecule has 144 valence electrons. The molecule has 2 rings (SSSR count). The van der Waals surface area contributed by atoms with Crippen LogP contribution in [0.4, 0.5) is 0 Å². The standard InChI is InChI=1S/C19H25N3O2.2ClH/c1-14(2)19(3,13-20)22-18(23)16-7-4-8-17(10-16)24-12-15-6-5-9-21-11-15;;/h4-11,14H,12-13,20H2,1-3H3,(H,22,23);2*1H. The van der Waals surface area contributed by atoms with Crippen LogP contribution in [-0.4, -0.2) is 23.0 Å². The maximum Gasteiger partial charge on any atom is 0.251 e. The van der Waals surface area contributed by atoms with Gasteiger partial charge < -0.3 is 15.8 Å². The van der Waals surface area contributed by atoms with E-state index in [1.807, 2.05) is 45.0 Å². The quantitative estimate of drug-likeness (QED) is 0.745. The molecular weight excluding hydrogens is 373 g/mol. The average Bonchev–Trinajstić information content (AvgIpc) is 2.60. The number of nitrogens with one attached hydrogen (secondary N) is 1. The molecule has 0 fully saturated rings. The molecule has 2 aromatic rings. The van der Waals surface area contributed by atoms with Crippen molar-refractivity contribution in [3.05, 3.63) is 59.9 Å². The van der Waals surface area contributed by atoms with E-state index in [0.717, 1.165) is 5.56 Å². The first kappa shape index (κ1) is 24.2. The number of benzene rings is 1. The SMILES string of the molecule is CC(C)C(C)(CN)NC(=O)c1cccc(OCc2cccnc2)c1.Cl.Cl. The van der Waals surface area contributed by atoms with Crippen molar-refractivity contribution in [3.63, 3.8) is 0 Å². The van der Waals surface area contributed by atoms with Gasteiger partial charge in [0.25, 0.3) is 5.91 Å². The number of pyridine rings is 1. The van der Waals surface area contributed by atoms with Gasteiger partial charge in [-0.05, 0) is 37.1 Å². The number of halogens is 2. The molecular formula is C19H27Cl2N3O2. The number of amides is 1. The van der Waals surface area contributed by atoms with Crippen LogP contribution in [0.5, 0.6) is 5.75 Å². The third-order valence-electron chi connectivity index (χ3n) is 4.32. The number of carbonyl (C=O) groups excluding carboxylic acids is 1. The number of nitrogens with two attached hydrogens (primary N) is 1. The molecule has 0 aliphatic carbocycles. The van der Waals surface area contributed by atoms with Crippen molar-refractivity contribution in [2.75, 3.05) is 6.54 Å². The lowest BCUT2D eigenvalue weighted by Gasteiger charge is -2.33. The molecule has 1 aromatic heterocycles. The van der Waals surface area contributed by atoms with Crippen molar-refractivity contribution in [1.29, 1.82) is 0 Å². The van der Waals surface area contributed by atoms with Gasteiger partial charge in [0.1, 0.15) is 12.4 Å². The first-order valence-electron chi connectivity index (χ1n) is 8.09. The van der Waals surface area contributed by atoms with Crippen molar-refractivity contribution in [1.82, 2.24) is 10.3 Å². The van der Waals surface area contributed by atoms with E-state index in [0.29, 0.717) is 24.5 Å². The predicted molar refractivity (Wildman–Crippen MR) is 109 cm³/mol. The van der Waals surface area contributed by atoms with Gasteiger partial charge in [-0.2, -0.15) is 0 Å². The molecule has 5 nitrogen and oxygen atoms in total. The minimum Gasteiger partial charge on any atom is -0.489 e. The molecule has 1 unspecified atom stereocenters. The molecule has 3 N–H and O–H groups in total. The minimum absolute atomic E-state index is 0. The van der Waals surface area contributed by atoms with Crippen LogP contribution in [0.1, 0.15) is 36.7 Å². The molecule has 0 saturated carbocycles. The highest BCUT2D eigenvalue weighted by Gasteiger charge is 2.28. The Morgan fingerprint density at radius 3 is 2.58 bits per heavy atom. The van der Waals surface area contributed by atoms with Crippen molar-refractivity contribution in [3.8, 4) is 5.75 Å². The Bertz CT molecular complexity index is 683. The zero-order chi connectivity index (χ0) is 17.6. The summed E-state index contributed by atoms with van der Waals surface area (Å²) in [6.07, 6.45) is 3.48. The van der Waals surface area contributed by atoms with Crippen molar-refractivity contribution in [2.45, 2.75) is 32.9 Å². The maximum absolute atomic E-state index is 12.5. The first-order valence-corrected chi connectivity index (χ1v) is 8.09. The van der Waals surface area contributed by atoms with Gasteiger partial charge in [-0.3, -0.25) is 9.78 Å². The molecule has 0 aliphatic heterocycles. The summed E-state index contributed by atoms with van der Waals surface area (Å²) in [5.74, 6) is 0.727. The third kappa shape index (κ3) is 6.48. The molecule has 0 saturated heterocycles. The van der Waals surface area contributed by atoms with E-state index in [1.54, 1.807) is 24.5 Å². The smallest absolute Gasteiger partial charge is 0.251 e. The van der Waals surface area contributed by atoms with E-state index in [2.05, 4.69) is 10.3 Å². The van der Waals surface area contributed by atoms with E-state index < -0.39 is 5.54 Å². The molecule has 26 heavy (non-hydrogen) atoms. The summed E-state index contributed by atoms with van der Waals surface area (Å²) >= 11 is 0. The summed E-state index contributed by atoms with van der Waals surface area (Å²) in [6, 6.07) is 11.0. The van der Waals surface area contributed by atoms with Crippen LogP contribution in [0.25, 0.3) is 0 Å². The molecule has 1 amide bonds. The van der Waals surface area contributed by atoms with Gasteiger partial charge in [0.15, 0.2) is 0 Å². The predicted octanol–water partition coefficient (Wildman–Crippen LogP) is 3.61. The molecule has 0 aliphatic rings. The van der Waals surface area contributed by atoms with E-state index >= 15 is 0 Å². The fourth-order valence-electron chi connectivity index (χ4n) is 2.14. The van der Waals surface area contributed by atoms with Crippen molar-refractivity contribution < 1.29 is 9.53 Å². The first-order chi connectivity index (χ1) is 11.4. The van der Waals surface area contributed by atoms with Gasteiger partial charge in [0.05, 0.1) is 5.54 Å². The molecule has 0 bridgehead atoms. The lowest BCUT2D eigenvalue weighted by Crippen LogP contribution is -2.55. The monoisotopic (exact) mass is 399 g/mol. The van der Waals surface area contributed by atoms with Gasteiger partial charge >= 0.3 is 0 Å². The highest BCUT2D eigenvalue weighted by atomic mass is 35.5. The van der Waals surface area contributed by atoms with Crippen LogP contribution in [0.15, 0.2) is 48.8 Å². The van der Waals surface area contributed by atoms with Crippen LogP contribution in [0.3, 0.4) is 0 Å². The van der Waals surface area contributed by atoms with Gasteiger partial charge in [-0.1, -0.05) is 26.0 Å². The lowest BCUT2D eigenvalue weighted by atomic mass is 9.88. The van der Waals surface area contributed by atoms with Crippen molar-refractivity contribution in [2.24, 2.45) is 11.7 Å². The van der Waals surface area contributed by atoms with Gasteiger partial charge in [0, 0.05) is 30.1 Å². The molecule has 1 heterocycles. The Morgan fingerprint density at radius 2 is 2.00 bits per heavy atom. The topological polar surface area (TPSA) is 77.2 Å². The van der Waals surface area contributed by atoms with E-state index in [1.165, 1.54) is 0 Å². The minimum atomic E-state index is -0.441. The third-order valence-corrected chi connectivity index (χ3v) is 4.32. The molecule has 0 spiro atoms. The molecule has 1 atom stereocenters. The summed E-state index contributed by atoms with van der Waals surface area (Å²) in [4.78, 5) is 16.6. The number of nitrogens with zero attached hydrogens (tertiary/aromatic N) is 1. The van der Waals surface area contributed by atoms with Crippen LogP contribution in [-0.2, 0) is 6.61 Å². The van der Waals surface area contributed by atoms with Crippen molar-refractivity contribution >= 4 is 30.7 Å². The maximum atomic E-state index is 12.5. The average molecular weight is 400 g/mol. The van der Waals surface area contributed by atoms with Gasteiger partial charge in [0.2, 0.25) is 0 Å². The van der Waals surface area contributed by atoms with Gasteiger partial charge in [-0.15, -0.1) is 24.8 Å². The lowest BCUT2D eigenvalue weighted by molar-refractivity contribution is 0.0882. The van der Waals surface area contributed by atoms with Crippen LogP contribution in [0.2, 0.25) is 0 Å². The van der Waals surface area contributed by atoms with Crippen LogP contribution >= 0.6 is 24.8 Å². The summed E-state index contributed by atoms with van der Waals surface area (Å²) in [5, 5.41) is 3.03. The fraction of sp³-hybridized carbons (Fsp3) is 0.368. The molecule has 7 heteroatoms. The Morgan fingerprint density at radius 1 is 1.27 bits per heavy atom. The van der Waals surface area contributed by atoms with E-state index in [9.17, 15) is 4.79 Å². The van der Waals surface area contributed by atoms with Crippen LogP contribution < -0.4 is 15.8 Å². The van der Waals surface area contributed by atoms with E-state index in [4.69, 9.17) is 10.5 Å². The van der Waals surface area contributed by atoms with Gasteiger partial charge in [-0.25, -0.2) is 0 Å². The largest absolute Gasteiger partial charge is 0.489 e. The summed E-state index contributed by atoms with van der Waals surface area (Å²) in [5.41, 5.74) is 6.92. The summed E-state index contributed by atoms with van der Waals surface area (Å²) in [7, 11) is 0. The zero-order valence-corrected chi connectivity index (χ0v) is 16.9. The number of hydrogen-bond acceptors (Lipinski definition) is 4.